The van der Waals surface area contributed by atoms with Crippen LogP contribution in [0.5, 0.6) is 0 Å². The van der Waals surface area contributed by atoms with Crippen molar-refractivity contribution >= 4 is 5.91 Å². The molecule has 0 aromatic heterocycles. The minimum atomic E-state index is -0.153. The van der Waals surface area contributed by atoms with Crippen LogP contribution in [-0.4, -0.2) is 30.5 Å². The van der Waals surface area contributed by atoms with Crippen LogP contribution >= 0.6 is 0 Å². The van der Waals surface area contributed by atoms with Crippen molar-refractivity contribution in [3.05, 3.63) is 35.4 Å². The van der Waals surface area contributed by atoms with Gasteiger partial charge in [0.2, 0.25) is 5.91 Å². The molecule has 1 saturated heterocycles. The Morgan fingerprint density at radius 2 is 2.00 bits per heavy atom. The van der Waals surface area contributed by atoms with Crippen molar-refractivity contribution in [1.82, 2.24) is 4.90 Å². The number of nitrogens with two attached hydrogens (primary N) is 1. The first-order valence-corrected chi connectivity index (χ1v) is 6.94. The molecule has 2 aliphatic rings. The van der Waals surface area contributed by atoms with E-state index >= 15 is 0 Å². The molecule has 1 aromatic carbocycles. The van der Waals surface area contributed by atoms with Gasteiger partial charge in [0.15, 0.2) is 0 Å². The molecular formula is C15H20N2O2. The molecule has 3 rings (SSSR count). The third-order valence-electron chi connectivity index (χ3n) is 4.32. The molecule has 1 fully saturated rings. The molecule has 0 saturated carbocycles. The Morgan fingerprint density at radius 1 is 1.26 bits per heavy atom. The van der Waals surface area contributed by atoms with E-state index in [4.69, 9.17) is 10.5 Å². The zero-order valence-corrected chi connectivity index (χ0v) is 11.0. The van der Waals surface area contributed by atoms with Crippen LogP contribution in [0.15, 0.2) is 24.3 Å². The van der Waals surface area contributed by atoms with Crippen LogP contribution in [0.4, 0.5) is 0 Å². The molecule has 1 amide bonds. The Kier molecular flexibility index (Phi) is 3.53. The molecule has 102 valence electrons. The highest BCUT2D eigenvalue weighted by Gasteiger charge is 2.31. The first-order chi connectivity index (χ1) is 9.25. The van der Waals surface area contributed by atoms with Gasteiger partial charge < -0.3 is 10.5 Å². The molecule has 1 atom stereocenters. The van der Waals surface area contributed by atoms with Gasteiger partial charge in [0.25, 0.3) is 0 Å². The summed E-state index contributed by atoms with van der Waals surface area (Å²) in [4.78, 5) is 13.6. The number of piperidine rings is 1. The Labute approximate surface area is 113 Å². The van der Waals surface area contributed by atoms with E-state index in [1.807, 2.05) is 0 Å². The highest BCUT2D eigenvalue weighted by atomic mass is 16.5. The maximum absolute atomic E-state index is 11.2. The lowest BCUT2D eigenvalue weighted by molar-refractivity contribution is -0.123. The molecule has 0 aliphatic carbocycles. The Balaban J connectivity index is 1.73. The van der Waals surface area contributed by atoms with Gasteiger partial charge in [-0.2, -0.15) is 0 Å². The quantitative estimate of drug-likeness (QED) is 0.875. The summed E-state index contributed by atoms with van der Waals surface area (Å²) in [6.07, 6.45) is 1.74. The third-order valence-corrected chi connectivity index (χ3v) is 4.32. The molecule has 2 aliphatic heterocycles. The van der Waals surface area contributed by atoms with Crippen LogP contribution in [0.3, 0.4) is 0 Å². The van der Waals surface area contributed by atoms with E-state index in [1.165, 1.54) is 11.1 Å². The molecular weight excluding hydrogens is 240 g/mol. The van der Waals surface area contributed by atoms with Gasteiger partial charge in [-0.1, -0.05) is 24.3 Å². The second kappa shape index (κ2) is 5.31. The van der Waals surface area contributed by atoms with E-state index in [9.17, 15) is 4.79 Å². The van der Waals surface area contributed by atoms with E-state index in [0.29, 0.717) is 12.6 Å². The summed E-state index contributed by atoms with van der Waals surface area (Å²) in [5.74, 6) is -0.101. The first-order valence-electron chi connectivity index (χ1n) is 6.94. The summed E-state index contributed by atoms with van der Waals surface area (Å²) in [7, 11) is 0. The van der Waals surface area contributed by atoms with Gasteiger partial charge in [0, 0.05) is 5.92 Å². The van der Waals surface area contributed by atoms with Gasteiger partial charge in [-0.25, -0.2) is 0 Å². The summed E-state index contributed by atoms with van der Waals surface area (Å²) in [6, 6.07) is 8.82. The number of rotatable bonds is 2. The highest BCUT2D eigenvalue weighted by molar-refractivity contribution is 5.76. The maximum Gasteiger partial charge on any atom is 0.220 e. The van der Waals surface area contributed by atoms with Crippen LogP contribution in [0.25, 0.3) is 0 Å². The van der Waals surface area contributed by atoms with Crippen LogP contribution in [0.1, 0.15) is 30.0 Å². The Hall–Kier alpha value is -1.39. The number of carbonyl (C=O) groups is 1. The number of amides is 1. The van der Waals surface area contributed by atoms with Crippen molar-refractivity contribution in [3.8, 4) is 0 Å². The summed E-state index contributed by atoms with van der Waals surface area (Å²) in [5, 5.41) is 0. The highest BCUT2D eigenvalue weighted by Crippen LogP contribution is 2.32. The van der Waals surface area contributed by atoms with Crippen LogP contribution in [-0.2, 0) is 16.1 Å². The molecule has 0 spiro atoms. The fraction of sp³-hybridized carbons (Fsp3) is 0.533. The smallest absolute Gasteiger partial charge is 0.220 e. The number of hydrogen-bond donors (Lipinski definition) is 1. The number of benzene rings is 1. The predicted molar refractivity (Wildman–Crippen MR) is 72.3 cm³/mol. The number of ether oxygens (including phenoxy) is 1. The molecule has 1 unspecified atom stereocenters. The molecule has 19 heavy (non-hydrogen) atoms. The normalized spacial score (nSPS) is 24.9. The van der Waals surface area contributed by atoms with E-state index < -0.39 is 0 Å². The van der Waals surface area contributed by atoms with Crippen LogP contribution in [0.2, 0.25) is 0 Å². The van der Waals surface area contributed by atoms with Crippen molar-refractivity contribution in [2.24, 2.45) is 11.7 Å². The maximum atomic E-state index is 11.2. The van der Waals surface area contributed by atoms with Crippen molar-refractivity contribution in [2.45, 2.75) is 25.5 Å². The van der Waals surface area contributed by atoms with Gasteiger partial charge >= 0.3 is 0 Å². The van der Waals surface area contributed by atoms with Crippen LogP contribution in [0, 0.1) is 5.92 Å². The first kappa shape index (κ1) is 12.6. The van der Waals surface area contributed by atoms with Crippen molar-refractivity contribution in [3.63, 3.8) is 0 Å². The summed E-state index contributed by atoms with van der Waals surface area (Å²) in [6.45, 7) is 3.31. The van der Waals surface area contributed by atoms with Gasteiger partial charge in [0.1, 0.15) is 0 Å². The lowest BCUT2D eigenvalue weighted by Gasteiger charge is -2.39. The third kappa shape index (κ3) is 2.51. The number of nitrogens with zero attached hydrogens (tertiary/aromatic N) is 1. The largest absolute Gasteiger partial charge is 0.375 e. The average molecular weight is 260 g/mol. The SMILES string of the molecule is NC(=O)C1CCN(C2COCc3ccccc32)CC1. The summed E-state index contributed by atoms with van der Waals surface area (Å²) < 4.78 is 5.70. The number of fused-ring (bicyclic) bond motifs is 1. The molecule has 4 heteroatoms. The van der Waals surface area contributed by atoms with Gasteiger partial charge in [0.05, 0.1) is 19.3 Å². The minimum absolute atomic E-state index is 0.0519. The fourth-order valence-electron chi connectivity index (χ4n) is 3.16. The number of carbonyl (C=O) groups excluding carboxylic acids is 1. The monoisotopic (exact) mass is 260 g/mol. The molecule has 4 nitrogen and oxygen atoms in total. The molecule has 2 heterocycles. The molecule has 2 N–H and O–H groups in total. The topological polar surface area (TPSA) is 55.6 Å². The van der Waals surface area contributed by atoms with Crippen molar-refractivity contribution < 1.29 is 9.53 Å². The minimum Gasteiger partial charge on any atom is -0.375 e. The van der Waals surface area contributed by atoms with E-state index in [-0.39, 0.29) is 11.8 Å². The second-order valence-corrected chi connectivity index (χ2v) is 5.44. The zero-order valence-electron chi connectivity index (χ0n) is 11.0. The fourth-order valence-corrected chi connectivity index (χ4v) is 3.16. The standard InChI is InChI=1S/C15H20N2O2/c16-15(18)11-5-7-17(8-6-11)14-10-19-9-12-3-1-2-4-13(12)14/h1-4,11,14H,5-10H2,(H2,16,18). The lowest BCUT2D eigenvalue weighted by Crippen LogP contribution is -2.42. The Bertz CT molecular complexity index is 467. The van der Waals surface area contributed by atoms with E-state index in [2.05, 4.69) is 29.2 Å². The molecule has 0 radical (unpaired) electrons. The number of hydrogen-bond acceptors (Lipinski definition) is 3. The lowest BCUT2D eigenvalue weighted by atomic mass is 9.92. The number of primary amides is 1. The molecule has 1 aromatic rings. The summed E-state index contributed by atoms with van der Waals surface area (Å²) >= 11 is 0. The van der Waals surface area contributed by atoms with Crippen molar-refractivity contribution in [1.29, 1.82) is 0 Å². The Morgan fingerprint density at radius 3 is 2.74 bits per heavy atom. The van der Waals surface area contributed by atoms with Gasteiger partial charge in [-0.3, -0.25) is 9.69 Å². The predicted octanol–water partition coefficient (Wildman–Crippen LogP) is 1.46. The second-order valence-electron chi connectivity index (χ2n) is 5.44. The van der Waals surface area contributed by atoms with Crippen molar-refractivity contribution in [2.75, 3.05) is 19.7 Å². The molecule has 0 bridgehead atoms. The van der Waals surface area contributed by atoms with E-state index in [1.54, 1.807) is 0 Å². The zero-order chi connectivity index (χ0) is 13.2. The average Bonchev–Trinajstić information content (AvgIpc) is 2.47. The van der Waals surface area contributed by atoms with Gasteiger partial charge in [-0.05, 0) is 37.1 Å². The number of likely N-dealkylation sites (tertiary alicyclic amines) is 1. The van der Waals surface area contributed by atoms with E-state index in [0.717, 1.165) is 32.5 Å². The summed E-state index contributed by atoms with van der Waals surface area (Å²) in [5.41, 5.74) is 8.05. The van der Waals surface area contributed by atoms with Gasteiger partial charge in [-0.15, -0.1) is 0 Å². The van der Waals surface area contributed by atoms with Crippen LogP contribution < -0.4 is 5.73 Å².